The fourth-order valence-corrected chi connectivity index (χ4v) is 5.02. The number of carbonyl (C=O) groups excluding carboxylic acids is 2. The zero-order chi connectivity index (χ0) is 23.2. The molecule has 2 amide bonds. The van der Waals surface area contributed by atoms with Gasteiger partial charge >= 0.3 is 0 Å². The second kappa shape index (κ2) is 8.25. The van der Waals surface area contributed by atoms with Gasteiger partial charge in [0, 0.05) is 34.6 Å². The van der Waals surface area contributed by atoms with Gasteiger partial charge in [0.2, 0.25) is 11.8 Å². The number of nitrogens with zero attached hydrogens (tertiary/aromatic N) is 2. The first-order valence-corrected chi connectivity index (χ1v) is 11.8. The van der Waals surface area contributed by atoms with Crippen molar-refractivity contribution in [3.05, 3.63) is 59.2 Å². The Balaban J connectivity index is 1.30. The van der Waals surface area contributed by atoms with E-state index in [1.54, 1.807) is 12.3 Å². The van der Waals surface area contributed by atoms with Crippen LogP contribution in [0.1, 0.15) is 31.2 Å². The summed E-state index contributed by atoms with van der Waals surface area (Å²) in [5.74, 6) is 0.747. The fourth-order valence-electron chi connectivity index (χ4n) is 4.81. The number of benzene rings is 2. The average Bonchev–Trinajstić information content (AvgIpc) is 3.58. The summed E-state index contributed by atoms with van der Waals surface area (Å²) in [5.41, 5.74) is 6.51. The minimum absolute atomic E-state index is 0.0116. The van der Waals surface area contributed by atoms with E-state index in [4.69, 9.17) is 11.6 Å². The van der Waals surface area contributed by atoms with Crippen molar-refractivity contribution in [3.8, 4) is 22.5 Å². The molecule has 1 saturated carbocycles. The van der Waals surface area contributed by atoms with Crippen LogP contribution >= 0.6 is 11.6 Å². The van der Waals surface area contributed by atoms with Gasteiger partial charge in [-0.25, -0.2) is 9.97 Å². The highest BCUT2D eigenvalue weighted by Crippen LogP contribution is 2.33. The van der Waals surface area contributed by atoms with Gasteiger partial charge in [-0.15, -0.1) is 0 Å². The molecule has 7 nitrogen and oxygen atoms in total. The van der Waals surface area contributed by atoms with E-state index >= 15 is 0 Å². The lowest BCUT2D eigenvalue weighted by atomic mass is 10.0. The van der Waals surface area contributed by atoms with E-state index in [-0.39, 0.29) is 17.7 Å². The number of rotatable bonds is 4. The van der Waals surface area contributed by atoms with Crippen LogP contribution in [-0.4, -0.2) is 26.8 Å². The van der Waals surface area contributed by atoms with Gasteiger partial charge in [0.25, 0.3) is 0 Å². The molecule has 2 aliphatic rings. The Morgan fingerprint density at radius 3 is 2.76 bits per heavy atom. The van der Waals surface area contributed by atoms with E-state index in [0.717, 1.165) is 53.6 Å². The van der Waals surface area contributed by atoms with Gasteiger partial charge in [-0.2, -0.15) is 0 Å². The van der Waals surface area contributed by atoms with Crippen molar-refractivity contribution in [2.24, 2.45) is 5.92 Å². The highest BCUT2D eigenvalue weighted by molar-refractivity contribution is 6.33. The molecule has 0 radical (unpaired) electrons. The van der Waals surface area contributed by atoms with Crippen molar-refractivity contribution in [2.45, 2.75) is 32.1 Å². The maximum atomic E-state index is 12.5. The molecule has 4 aromatic rings. The molecule has 1 fully saturated rings. The summed E-state index contributed by atoms with van der Waals surface area (Å²) in [6, 6.07) is 13.3. The van der Waals surface area contributed by atoms with Crippen LogP contribution in [-0.2, 0) is 16.0 Å². The number of hydrogen-bond acceptors (Lipinski definition) is 4. The molecular weight excluding hydrogens is 450 g/mol. The van der Waals surface area contributed by atoms with Gasteiger partial charge in [0.15, 0.2) is 5.65 Å². The number of fused-ring (bicyclic) bond motifs is 2. The van der Waals surface area contributed by atoms with E-state index in [2.05, 4.69) is 25.6 Å². The van der Waals surface area contributed by atoms with Crippen molar-refractivity contribution in [1.82, 2.24) is 15.0 Å². The number of carbonyl (C=O) groups is 2. The summed E-state index contributed by atoms with van der Waals surface area (Å²) in [6.45, 7) is 0. The monoisotopic (exact) mass is 471 g/mol. The number of anilines is 2. The molecule has 8 heteroatoms. The Kier molecular flexibility index (Phi) is 5.07. The maximum absolute atomic E-state index is 12.5. The Labute approximate surface area is 201 Å². The minimum Gasteiger partial charge on any atom is -0.337 e. The first kappa shape index (κ1) is 20.9. The third kappa shape index (κ3) is 3.82. The molecule has 170 valence electrons. The number of H-pyrrole nitrogens is 1. The molecule has 3 N–H and O–H groups in total. The second-order valence-electron chi connectivity index (χ2n) is 8.94. The summed E-state index contributed by atoms with van der Waals surface area (Å²) in [6.07, 6.45) is 6.27. The van der Waals surface area contributed by atoms with Crippen LogP contribution < -0.4 is 10.6 Å². The standard InChI is InChI=1S/C26H22ClN5O2/c27-20-7-6-18(29-26(34)14-3-1-2-4-14)12-19(20)24-31-22-10-17(13-28-25(22)32-24)15-5-8-21-16(9-15)11-23(33)30-21/h5-10,12-14H,1-4,11H2,(H,29,34)(H,30,33)(H,28,31,32). The minimum atomic E-state index is 0.0116. The normalized spacial score (nSPS) is 15.5. The number of nitrogens with one attached hydrogen (secondary N) is 3. The Morgan fingerprint density at radius 2 is 1.91 bits per heavy atom. The van der Waals surface area contributed by atoms with Gasteiger partial charge in [-0.05, 0) is 60.4 Å². The predicted molar refractivity (Wildman–Crippen MR) is 133 cm³/mol. The molecule has 0 saturated heterocycles. The lowest BCUT2D eigenvalue weighted by Crippen LogP contribution is -2.20. The molecule has 0 unspecified atom stereocenters. The summed E-state index contributed by atoms with van der Waals surface area (Å²) < 4.78 is 0. The Morgan fingerprint density at radius 1 is 1.06 bits per heavy atom. The topological polar surface area (TPSA) is 99.8 Å². The SMILES string of the molecule is O=C1Cc2cc(-c3cnc4nc(-c5cc(NC(=O)C6CCCC6)ccc5Cl)[nH]c4c3)ccc2N1. The number of pyridine rings is 1. The van der Waals surface area contributed by atoms with Crippen molar-refractivity contribution >= 4 is 46.0 Å². The molecule has 1 aliphatic heterocycles. The molecule has 6 rings (SSSR count). The van der Waals surface area contributed by atoms with Crippen LogP contribution in [0.2, 0.25) is 5.02 Å². The molecule has 2 aromatic heterocycles. The predicted octanol–water partition coefficient (Wildman–Crippen LogP) is 5.57. The van der Waals surface area contributed by atoms with Crippen LogP contribution in [0.15, 0.2) is 48.7 Å². The van der Waals surface area contributed by atoms with Crippen LogP contribution in [0, 0.1) is 5.92 Å². The first-order chi connectivity index (χ1) is 16.5. The van der Waals surface area contributed by atoms with Gasteiger partial charge in [0.05, 0.1) is 17.0 Å². The van der Waals surface area contributed by atoms with Crippen LogP contribution in [0.4, 0.5) is 11.4 Å². The Hall–Kier alpha value is -3.71. The molecule has 3 heterocycles. The molecule has 0 spiro atoms. The molecule has 0 atom stereocenters. The lowest BCUT2D eigenvalue weighted by molar-refractivity contribution is -0.119. The van der Waals surface area contributed by atoms with E-state index in [1.807, 2.05) is 36.4 Å². The van der Waals surface area contributed by atoms with Crippen molar-refractivity contribution in [3.63, 3.8) is 0 Å². The summed E-state index contributed by atoms with van der Waals surface area (Å²) >= 11 is 6.49. The third-order valence-corrected chi connectivity index (χ3v) is 6.95. The third-order valence-electron chi connectivity index (χ3n) is 6.62. The van der Waals surface area contributed by atoms with Gasteiger partial charge < -0.3 is 15.6 Å². The van der Waals surface area contributed by atoms with Crippen molar-refractivity contribution in [1.29, 1.82) is 0 Å². The summed E-state index contributed by atoms with van der Waals surface area (Å²) in [4.78, 5) is 36.7. The maximum Gasteiger partial charge on any atom is 0.228 e. The molecule has 1 aliphatic carbocycles. The van der Waals surface area contributed by atoms with E-state index in [0.29, 0.717) is 34.2 Å². The van der Waals surface area contributed by atoms with Crippen LogP contribution in [0.3, 0.4) is 0 Å². The summed E-state index contributed by atoms with van der Waals surface area (Å²) in [7, 11) is 0. The molecule has 0 bridgehead atoms. The zero-order valence-corrected chi connectivity index (χ0v) is 19.1. The zero-order valence-electron chi connectivity index (χ0n) is 18.3. The van der Waals surface area contributed by atoms with Crippen molar-refractivity contribution < 1.29 is 9.59 Å². The number of halogens is 1. The number of hydrogen-bond donors (Lipinski definition) is 3. The molecule has 2 aromatic carbocycles. The average molecular weight is 472 g/mol. The number of imidazole rings is 1. The lowest BCUT2D eigenvalue weighted by Gasteiger charge is -2.11. The second-order valence-corrected chi connectivity index (χ2v) is 9.35. The first-order valence-electron chi connectivity index (χ1n) is 11.4. The summed E-state index contributed by atoms with van der Waals surface area (Å²) in [5, 5.41) is 6.42. The smallest absolute Gasteiger partial charge is 0.228 e. The van der Waals surface area contributed by atoms with E-state index in [9.17, 15) is 9.59 Å². The number of aromatic nitrogens is 3. The largest absolute Gasteiger partial charge is 0.337 e. The number of aromatic amines is 1. The quantitative estimate of drug-likeness (QED) is 0.362. The van der Waals surface area contributed by atoms with Gasteiger partial charge in [-0.1, -0.05) is 30.5 Å². The molecular formula is C26H22ClN5O2. The van der Waals surface area contributed by atoms with Gasteiger partial charge in [-0.3, -0.25) is 9.59 Å². The van der Waals surface area contributed by atoms with Crippen LogP contribution in [0.25, 0.3) is 33.7 Å². The van der Waals surface area contributed by atoms with Crippen molar-refractivity contribution in [2.75, 3.05) is 10.6 Å². The van der Waals surface area contributed by atoms with Crippen LogP contribution in [0.5, 0.6) is 0 Å². The molecule has 34 heavy (non-hydrogen) atoms. The van der Waals surface area contributed by atoms with E-state index < -0.39 is 0 Å². The van der Waals surface area contributed by atoms with Gasteiger partial charge in [0.1, 0.15) is 5.82 Å². The highest BCUT2D eigenvalue weighted by atomic mass is 35.5. The highest BCUT2D eigenvalue weighted by Gasteiger charge is 2.23. The number of amides is 2. The fraction of sp³-hybridized carbons (Fsp3) is 0.231. The van der Waals surface area contributed by atoms with E-state index in [1.165, 1.54) is 0 Å². The Bertz CT molecular complexity index is 1460.